The van der Waals surface area contributed by atoms with Crippen LogP contribution in [0.2, 0.25) is 0 Å². The molecule has 0 fully saturated rings. The number of fused-ring (bicyclic) bond motifs is 3. The minimum Gasteiger partial charge on any atom is -0.488 e. The summed E-state index contributed by atoms with van der Waals surface area (Å²) in [6.07, 6.45) is 0.878. The Morgan fingerprint density at radius 1 is 1.39 bits per heavy atom. The lowest BCUT2D eigenvalue weighted by Crippen LogP contribution is -2.43. The van der Waals surface area contributed by atoms with Gasteiger partial charge in [-0.1, -0.05) is 13.8 Å². The zero-order valence-corrected chi connectivity index (χ0v) is 17.4. The molecule has 1 aliphatic heterocycles. The van der Waals surface area contributed by atoms with Gasteiger partial charge in [-0.3, -0.25) is 5.32 Å². The van der Waals surface area contributed by atoms with Gasteiger partial charge in [0.25, 0.3) is 0 Å². The van der Waals surface area contributed by atoms with Crippen LogP contribution in [0.5, 0.6) is 17.2 Å². The van der Waals surface area contributed by atoms with Crippen LogP contribution in [0.1, 0.15) is 32.8 Å². The Kier molecular flexibility index (Phi) is 6.49. The van der Waals surface area contributed by atoms with Gasteiger partial charge in [0, 0.05) is 22.9 Å². The normalized spacial score (nSPS) is 14.3. The van der Waals surface area contributed by atoms with Gasteiger partial charge in [-0.05, 0) is 43.0 Å². The third-order valence-corrected chi connectivity index (χ3v) is 4.60. The van der Waals surface area contributed by atoms with Gasteiger partial charge in [0.1, 0.15) is 19.0 Å². The van der Waals surface area contributed by atoms with Crippen molar-refractivity contribution in [2.75, 3.05) is 11.9 Å². The summed E-state index contributed by atoms with van der Waals surface area (Å²) in [5.74, 6) is 0.369. The molecule has 8 nitrogen and oxygen atoms in total. The van der Waals surface area contributed by atoms with Crippen molar-refractivity contribution in [2.45, 2.75) is 45.9 Å². The second-order valence-electron chi connectivity index (χ2n) is 8.13. The molecule has 1 aliphatic rings. The minimum atomic E-state index is -3.10. The Hall–Kier alpha value is -3.14. The minimum absolute atomic E-state index is 0.0493. The number of ether oxygens (including phenoxy) is 3. The van der Waals surface area contributed by atoms with E-state index < -0.39 is 18.2 Å². The molecule has 1 amide bonds. The highest BCUT2D eigenvalue weighted by atomic mass is 19.3. The number of carbonyl (C=O) groups is 1. The molecular weight excluding hydrogens is 412 g/mol. The summed E-state index contributed by atoms with van der Waals surface area (Å²) in [4.78, 5) is 14.9. The molecule has 0 radical (unpaired) electrons. The molecule has 0 bridgehead atoms. The number of aromatic nitrogens is 1. The Labute approximate surface area is 178 Å². The lowest BCUT2D eigenvalue weighted by molar-refractivity contribution is -0.0534. The van der Waals surface area contributed by atoms with Crippen molar-refractivity contribution in [1.82, 2.24) is 4.98 Å². The lowest BCUT2D eigenvalue weighted by Gasteiger charge is -2.28. The maximum absolute atomic E-state index is 13.2. The molecule has 168 valence electrons. The van der Waals surface area contributed by atoms with Crippen molar-refractivity contribution in [3.8, 4) is 28.4 Å². The molecular formula is C21H25F2N3O5. The Morgan fingerprint density at radius 2 is 2.13 bits per heavy atom. The van der Waals surface area contributed by atoms with Gasteiger partial charge in [-0.2, -0.15) is 8.78 Å². The molecule has 1 unspecified atom stereocenters. The summed E-state index contributed by atoms with van der Waals surface area (Å²) in [6, 6.07) is 4.66. The van der Waals surface area contributed by atoms with E-state index in [9.17, 15) is 13.6 Å². The summed E-state index contributed by atoms with van der Waals surface area (Å²) in [5.41, 5.74) is 7.32. The monoisotopic (exact) mass is 437 g/mol. The Morgan fingerprint density at radius 3 is 2.77 bits per heavy atom. The molecule has 0 saturated carbocycles. The van der Waals surface area contributed by atoms with Gasteiger partial charge >= 0.3 is 12.7 Å². The molecule has 0 saturated heterocycles. The van der Waals surface area contributed by atoms with Crippen LogP contribution in [0.25, 0.3) is 11.1 Å². The predicted octanol–water partition coefficient (Wildman–Crippen LogP) is 4.47. The third kappa shape index (κ3) is 5.52. The fraction of sp³-hybridized carbons (Fsp3) is 0.429. The van der Waals surface area contributed by atoms with Crippen LogP contribution >= 0.6 is 0 Å². The van der Waals surface area contributed by atoms with E-state index in [1.54, 1.807) is 6.07 Å². The standard InChI is InChI=1S/C21H25F2N3O5/c1-11(2)7-21(3,24)10-30-15-5-4-13-14-6-16(26-20(27)28)25-8-12(14)9-29-17(13)18(15)31-19(22)23/h4-6,8,11,19H,7,9-10,24H2,1-3H3,(H,25,26)(H,27,28). The van der Waals surface area contributed by atoms with Crippen LogP contribution in [0.3, 0.4) is 0 Å². The molecule has 0 spiro atoms. The first-order valence-corrected chi connectivity index (χ1v) is 9.71. The number of alkyl halides is 2. The zero-order chi connectivity index (χ0) is 22.8. The van der Waals surface area contributed by atoms with Crippen molar-refractivity contribution >= 4 is 11.9 Å². The van der Waals surface area contributed by atoms with E-state index >= 15 is 0 Å². The van der Waals surface area contributed by atoms with Crippen LogP contribution in [0.4, 0.5) is 19.4 Å². The van der Waals surface area contributed by atoms with Crippen LogP contribution in [-0.2, 0) is 6.61 Å². The van der Waals surface area contributed by atoms with Crippen LogP contribution in [-0.4, -0.2) is 34.9 Å². The Balaban J connectivity index is 1.98. The van der Waals surface area contributed by atoms with E-state index in [-0.39, 0.29) is 36.3 Å². The second kappa shape index (κ2) is 8.93. The number of nitrogens with zero attached hydrogens (tertiary/aromatic N) is 1. The van der Waals surface area contributed by atoms with E-state index in [0.717, 1.165) is 0 Å². The van der Waals surface area contributed by atoms with Crippen molar-refractivity contribution in [2.24, 2.45) is 11.7 Å². The van der Waals surface area contributed by atoms with Gasteiger partial charge in [0.15, 0.2) is 11.5 Å². The number of nitrogens with two attached hydrogens (primary N) is 1. The summed E-state index contributed by atoms with van der Waals surface area (Å²) in [6.45, 7) is 2.94. The van der Waals surface area contributed by atoms with Crippen LogP contribution < -0.4 is 25.3 Å². The average Bonchev–Trinajstić information content (AvgIpc) is 2.65. The van der Waals surface area contributed by atoms with Gasteiger partial charge in [-0.25, -0.2) is 9.78 Å². The number of hydrogen-bond acceptors (Lipinski definition) is 6. The molecule has 1 atom stereocenters. The van der Waals surface area contributed by atoms with Gasteiger partial charge in [0.2, 0.25) is 5.75 Å². The first-order chi connectivity index (χ1) is 14.6. The number of halogens is 2. The maximum Gasteiger partial charge on any atom is 0.410 e. The number of anilines is 1. The van der Waals surface area contributed by atoms with E-state index in [2.05, 4.69) is 10.3 Å². The number of nitrogens with one attached hydrogen (secondary N) is 1. The Bertz CT molecular complexity index is 966. The summed E-state index contributed by atoms with van der Waals surface area (Å²) < 4.78 is 42.6. The lowest BCUT2D eigenvalue weighted by atomic mass is 9.93. The van der Waals surface area contributed by atoms with Crippen LogP contribution in [0, 0.1) is 5.92 Å². The van der Waals surface area contributed by atoms with Gasteiger partial charge in [0.05, 0.1) is 0 Å². The van der Waals surface area contributed by atoms with E-state index in [0.29, 0.717) is 29.0 Å². The molecule has 0 aliphatic carbocycles. The average molecular weight is 437 g/mol. The first kappa shape index (κ1) is 22.5. The van der Waals surface area contributed by atoms with E-state index in [1.807, 2.05) is 20.8 Å². The third-order valence-electron chi connectivity index (χ3n) is 4.60. The highest BCUT2D eigenvalue weighted by Gasteiger charge is 2.28. The molecule has 2 aromatic rings. The SMILES string of the molecule is CC(C)CC(C)(N)COc1ccc2c(c1OC(F)F)OCc1cnc(NC(=O)O)cc1-2. The van der Waals surface area contributed by atoms with Crippen molar-refractivity contribution in [3.63, 3.8) is 0 Å². The quantitative estimate of drug-likeness (QED) is 0.558. The molecule has 10 heteroatoms. The second-order valence-corrected chi connectivity index (χ2v) is 8.13. The molecule has 3 rings (SSSR count). The number of rotatable bonds is 8. The highest BCUT2D eigenvalue weighted by molar-refractivity contribution is 5.85. The van der Waals surface area contributed by atoms with Crippen molar-refractivity contribution < 1.29 is 32.9 Å². The fourth-order valence-electron chi connectivity index (χ4n) is 3.63. The van der Waals surface area contributed by atoms with Crippen molar-refractivity contribution in [1.29, 1.82) is 0 Å². The highest BCUT2D eigenvalue weighted by Crippen LogP contribution is 2.49. The van der Waals surface area contributed by atoms with E-state index in [1.165, 1.54) is 18.3 Å². The molecule has 1 aromatic heterocycles. The molecule has 31 heavy (non-hydrogen) atoms. The first-order valence-electron chi connectivity index (χ1n) is 9.71. The molecule has 4 N–H and O–H groups in total. The van der Waals surface area contributed by atoms with Crippen molar-refractivity contribution in [3.05, 3.63) is 30.0 Å². The van der Waals surface area contributed by atoms with E-state index in [4.69, 9.17) is 25.1 Å². The smallest absolute Gasteiger partial charge is 0.410 e. The van der Waals surface area contributed by atoms with Gasteiger partial charge in [-0.15, -0.1) is 0 Å². The summed E-state index contributed by atoms with van der Waals surface area (Å²) >= 11 is 0. The number of carboxylic acid groups (broad SMARTS) is 1. The number of hydrogen-bond donors (Lipinski definition) is 3. The topological polar surface area (TPSA) is 116 Å². The zero-order valence-electron chi connectivity index (χ0n) is 17.4. The molecule has 1 aromatic carbocycles. The number of pyridine rings is 1. The summed E-state index contributed by atoms with van der Waals surface area (Å²) in [5, 5.41) is 11.1. The van der Waals surface area contributed by atoms with Crippen LogP contribution in [0.15, 0.2) is 24.4 Å². The number of benzene rings is 1. The largest absolute Gasteiger partial charge is 0.488 e. The molecule has 2 heterocycles. The fourth-order valence-corrected chi connectivity index (χ4v) is 3.63. The maximum atomic E-state index is 13.2. The summed E-state index contributed by atoms with van der Waals surface area (Å²) in [7, 11) is 0. The predicted molar refractivity (Wildman–Crippen MR) is 110 cm³/mol. The van der Waals surface area contributed by atoms with Gasteiger partial charge < -0.3 is 25.1 Å². The number of amides is 1.